The topological polar surface area (TPSA) is 62.7 Å². The van der Waals surface area contributed by atoms with Crippen molar-refractivity contribution in [2.45, 2.75) is 25.8 Å². The third kappa shape index (κ3) is 6.02. The minimum absolute atomic E-state index is 0.376. The first-order chi connectivity index (χ1) is 9.02. The zero-order valence-corrected chi connectivity index (χ0v) is 12.7. The maximum absolute atomic E-state index is 11.0. The fourth-order valence-electron chi connectivity index (χ4n) is 1.80. The number of unbranched alkanes of at least 4 members (excludes halogenated alkanes) is 1. The molecule has 0 bridgehead atoms. The maximum atomic E-state index is 11.0. The molecule has 0 unspecified atom stereocenters. The summed E-state index contributed by atoms with van der Waals surface area (Å²) in [5, 5.41) is 0. The Morgan fingerprint density at radius 2 is 2.00 bits per heavy atom. The fourth-order valence-corrected chi connectivity index (χ4v) is 2.29. The average Bonchev–Trinajstić information content (AvgIpc) is 2.75. The van der Waals surface area contributed by atoms with Crippen molar-refractivity contribution in [3.8, 4) is 0 Å². The Labute approximate surface area is 119 Å². The molecular weight excluding hydrogens is 262 g/mol. The number of aryl methyl sites for hydroxylation is 1. The van der Waals surface area contributed by atoms with Gasteiger partial charge >= 0.3 is 6.03 Å². The van der Waals surface area contributed by atoms with Gasteiger partial charge in [-0.05, 0) is 51.0 Å². The first kappa shape index (κ1) is 15.9. The predicted octanol–water partition coefficient (Wildman–Crippen LogP) is 2.32. The number of furan rings is 1. The zero-order valence-electron chi connectivity index (χ0n) is 11.9. The van der Waals surface area contributed by atoms with Gasteiger partial charge in [-0.25, -0.2) is 4.79 Å². The third-order valence-electron chi connectivity index (χ3n) is 2.69. The standard InChI is InChI=1S/C13H23N3O2S/c1-15(2)10-12-8-7-11(18-12)6-4-5-9-16(19-3)13(14)17/h7-8H,4-6,9-10H2,1-3H3,(H2,14,17). The molecule has 0 atom stereocenters. The summed E-state index contributed by atoms with van der Waals surface area (Å²) in [5.74, 6) is 1.99. The molecule has 0 spiro atoms. The van der Waals surface area contributed by atoms with E-state index in [1.54, 1.807) is 4.31 Å². The highest BCUT2D eigenvalue weighted by Gasteiger charge is 2.08. The van der Waals surface area contributed by atoms with Gasteiger partial charge in [-0.3, -0.25) is 4.31 Å². The molecule has 0 aliphatic heterocycles. The lowest BCUT2D eigenvalue weighted by Gasteiger charge is -2.15. The summed E-state index contributed by atoms with van der Waals surface area (Å²) in [6.07, 6.45) is 4.66. The molecule has 1 aromatic heterocycles. The summed E-state index contributed by atoms with van der Waals surface area (Å²) in [5.41, 5.74) is 5.23. The number of nitrogens with two attached hydrogens (primary N) is 1. The van der Waals surface area contributed by atoms with Crippen molar-refractivity contribution >= 4 is 18.0 Å². The number of hydrogen-bond acceptors (Lipinski definition) is 4. The van der Waals surface area contributed by atoms with Crippen molar-refractivity contribution in [1.29, 1.82) is 0 Å². The molecule has 6 heteroatoms. The lowest BCUT2D eigenvalue weighted by Crippen LogP contribution is -2.30. The van der Waals surface area contributed by atoms with Crippen LogP contribution in [0.15, 0.2) is 16.5 Å². The molecule has 0 fully saturated rings. The van der Waals surface area contributed by atoms with Crippen LogP contribution in [0.25, 0.3) is 0 Å². The van der Waals surface area contributed by atoms with Crippen LogP contribution >= 0.6 is 11.9 Å². The van der Waals surface area contributed by atoms with Crippen molar-refractivity contribution < 1.29 is 9.21 Å². The second-order valence-electron chi connectivity index (χ2n) is 4.69. The van der Waals surface area contributed by atoms with Crippen LogP contribution in [0.5, 0.6) is 0 Å². The Morgan fingerprint density at radius 3 is 2.58 bits per heavy atom. The van der Waals surface area contributed by atoms with E-state index in [2.05, 4.69) is 4.90 Å². The average molecular weight is 285 g/mol. The second-order valence-corrected chi connectivity index (χ2v) is 5.49. The molecular formula is C13H23N3O2S. The van der Waals surface area contributed by atoms with Crippen LogP contribution in [-0.4, -0.2) is 42.1 Å². The van der Waals surface area contributed by atoms with Gasteiger partial charge in [0.1, 0.15) is 11.5 Å². The summed E-state index contributed by atoms with van der Waals surface area (Å²) >= 11 is 1.37. The molecule has 0 saturated carbocycles. The van der Waals surface area contributed by atoms with E-state index in [4.69, 9.17) is 10.2 Å². The number of primary amides is 1. The molecule has 0 aromatic carbocycles. The monoisotopic (exact) mass is 285 g/mol. The Kier molecular flexibility index (Phi) is 6.80. The molecule has 5 nitrogen and oxygen atoms in total. The van der Waals surface area contributed by atoms with Crippen LogP contribution in [0.4, 0.5) is 4.79 Å². The molecule has 2 amide bonds. The van der Waals surface area contributed by atoms with Crippen molar-refractivity contribution in [3.05, 3.63) is 23.7 Å². The number of nitrogens with zero attached hydrogens (tertiary/aromatic N) is 2. The maximum Gasteiger partial charge on any atom is 0.324 e. The van der Waals surface area contributed by atoms with Crippen LogP contribution in [0.3, 0.4) is 0 Å². The van der Waals surface area contributed by atoms with E-state index in [0.29, 0.717) is 6.54 Å². The number of hydrogen-bond donors (Lipinski definition) is 1. The Bertz CT molecular complexity index is 393. The van der Waals surface area contributed by atoms with Gasteiger partial charge in [0.05, 0.1) is 6.54 Å². The fraction of sp³-hybridized carbons (Fsp3) is 0.615. The highest BCUT2D eigenvalue weighted by Crippen LogP contribution is 2.13. The van der Waals surface area contributed by atoms with Gasteiger partial charge < -0.3 is 15.1 Å². The Balaban J connectivity index is 2.25. The summed E-state index contributed by atoms with van der Waals surface area (Å²) in [6.45, 7) is 1.50. The van der Waals surface area contributed by atoms with E-state index in [1.165, 1.54) is 11.9 Å². The van der Waals surface area contributed by atoms with Crippen molar-refractivity contribution in [3.63, 3.8) is 0 Å². The number of urea groups is 1. The highest BCUT2D eigenvalue weighted by atomic mass is 32.2. The lowest BCUT2D eigenvalue weighted by atomic mass is 10.2. The lowest BCUT2D eigenvalue weighted by molar-refractivity contribution is 0.234. The summed E-state index contributed by atoms with van der Waals surface area (Å²) < 4.78 is 7.29. The van der Waals surface area contributed by atoms with Gasteiger partial charge in [-0.15, -0.1) is 0 Å². The number of rotatable bonds is 8. The molecule has 1 heterocycles. The van der Waals surface area contributed by atoms with Crippen molar-refractivity contribution in [2.24, 2.45) is 5.73 Å². The minimum Gasteiger partial charge on any atom is -0.465 e. The van der Waals surface area contributed by atoms with Crippen LogP contribution < -0.4 is 5.73 Å². The van der Waals surface area contributed by atoms with Gasteiger partial charge in [0.2, 0.25) is 0 Å². The first-order valence-electron chi connectivity index (χ1n) is 6.36. The molecule has 2 N–H and O–H groups in total. The number of amides is 2. The molecule has 0 saturated heterocycles. The van der Waals surface area contributed by atoms with Gasteiger partial charge in [-0.1, -0.05) is 0 Å². The predicted molar refractivity (Wildman–Crippen MR) is 78.8 cm³/mol. The second kappa shape index (κ2) is 8.12. The summed E-state index contributed by atoms with van der Waals surface area (Å²) in [7, 11) is 4.03. The van der Waals surface area contributed by atoms with Gasteiger partial charge in [0.25, 0.3) is 0 Å². The largest absolute Gasteiger partial charge is 0.465 e. The molecule has 1 rings (SSSR count). The van der Waals surface area contributed by atoms with E-state index in [1.807, 2.05) is 32.5 Å². The highest BCUT2D eigenvalue weighted by molar-refractivity contribution is 7.96. The van der Waals surface area contributed by atoms with Crippen LogP contribution in [0, 0.1) is 0 Å². The van der Waals surface area contributed by atoms with Gasteiger partial charge in [0.15, 0.2) is 0 Å². The summed E-state index contributed by atoms with van der Waals surface area (Å²) in [4.78, 5) is 13.1. The van der Waals surface area contributed by atoms with Crippen LogP contribution in [-0.2, 0) is 13.0 Å². The van der Waals surface area contributed by atoms with Crippen LogP contribution in [0.1, 0.15) is 24.4 Å². The smallest absolute Gasteiger partial charge is 0.324 e. The minimum atomic E-state index is -0.376. The van der Waals surface area contributed by atoms with Crippen LogP contribution in [0.2, 0.25) is 0 Å². The Morgan fingerprint density at radius 1 is 1.32 bits per heavy atom. The van der Waals surface area contributed by atoms with Gasteiger partial charge in [0, 0.05) is 19.2 Å². The molecule has 0 aliphatic rings. The molecule has 0 radical (unpaired) electrons. The van der Waals surface area contributed by atoms with Gasteiger partial charge in [-0.2, -0.15) is 0 Å². The normalized spacial score (nSPS) is 10.9. The Hall–Kier alpha value is -1.14. The van der Waals surface area contributed by atoms with E-state index in [9.17, 15) is 4.79 Å². The third-order valence-corrected chi connectivity index (χ3v) is 3.49. The van der Waals surface area contributed by atoms with Crippen molar-refractivity contribution in [2.75, 3.05) is 26.9 Å². The molecule has 1 aromatic rings. The number of carbonyl (C=O) groups is 1. The summed E-state index contributed by atoms with van der Waals surface area (Å²) in [6, 6.07) is 3.67. The molecule has 19 heavy (non-hydrogen) atoms. The molecule has 108 valence electrons. The van der Waals surface area contributed by atoms with E-state index < -0.39 is 0 Å². The molecule has 0 aliphatic carbocycles. The number of carbonyl (C=O) groups excluding carboxylic acids is 1. The van der Waals surface area contributed by atoms with E-state index >= 15 is 0 Å². The van der Waals surface area contributed by atoms with Crippen molar-refractivity contribution in [1.82, 2.24) is 9.21 Å². The SMILES string of the molecule is CSN(CCCCc1ccc(CN(C)C)o1)C(N)=O. The first-order valence-corrected chi connectivity index (χ1v) is 7.54. The zero-order chi connectivity index (χ0) is 14.3. The quantitative estimate of drug-likeness (QED) is 0.588. The van der Waals surface area contributed by atoms with E-state index in [0.717, 1.165) is 37.3 Å². The van der Waals surface area contributed by atoms with E-state index in [-0.39, 0.29) is 6.03 Å².